The monoisotopic (exact) mass is 388 g/mol. The van der Waals surface area contributed by atoms with Crippen LogP contribution in [0, 0.1) is 10.1 Å². The van der Waals surface area contributed by atoms with Crippen molar-refractivity contribution in [3.63, 3.8) is 0 Å². The Bertz CT molecular complexity index is 868. The highest BCUT2D eigenvalue weighted by atomic mass is 16.6. The fourth-order valence-electron chi connectivity index (χ4n) is 2.93. The summed E-state index contributed by atoms with van der Waals surface area (Å²) in [4.78, 5) is 24.9. The molecule has 28 heavy (non-hydrogen) atoms. The molecule has 1 atom stereocenters. The van der Waals surface area contributed by atoms with Crippen LogP contribution in [0.25, 0.3) is 0 Å². The van der Waals surface area contributed by atoms with Crippen molar-refractivity contribution in [1.29, 1.82) is 0 Å². The Morgan fingerprint density at radius 3 is 2.36 bits per heavy atom. The molecular formula is C20H24N2O6. The number of benzene rings is 2. The predicted molar refractivity (Wildman–Crippen MR) is 104 cm³/mol. The van der Waals surface area contributed by atoms with Crippen LogP contribution in [0.2, 0.25) is 0 Å². The molecule has 0 aliphatic heterocycles. The minimum Gasteiger partial charge on any atom is -0.493 e. The van der Waals surface area contributed by atoms with Crippen LogP contribution in [0.1, 0.15) is 24.1 Å². The quantitative estimate of drug-likeness (QED) is 0.509. The number of ether oxygens (including phenoxy) is 3. The van der Waals surface area contributed by atoms with Crippen molar-refractivity contribution in [3.8, 4) is 17.2 Å². The van der Waals surface area contributed by atoms with E-state index in [1.165, 1.54) is 33.5 Å². The van der Waals surface area contributed by atoms with E-state index in [4.69, 9.17) is 14.2 Å². The number of nitro benzene ring substituents is 1. The average molecular weight is 388 g/mol. The summed E-state index contributed by atoms with van der Waals surface area (Å²) in [7, 11) is 6.19. The summed E-state index contributed by atoms with van der Waals surface area (Å²) >= 11 is 0. The van der Waals surface area contributed by atoms with Gasteiger partial charge >= 0.3 is 0 Å². The fourth-order valence-corrected chi connectivity index (χ4v) is 2.93. The van der Waals surface area contributed by atoms with Crippen molar-refractivity contribution >= 4 is 11.6 Å². The van der Waals surface area contributed by atoms with Gasteiger partial charge in [-0.1, -0.05) is 18.2 Å². The minimum atomic E-state index is -0.452. The maximum atomic E-state index is 12.8. The molecule has 0 spiro atoms. The zero-order valence-electron chi connectivity index (χ0n) is 16.6. The van der Waals surface area contributed by atoms with Gasteiger partial charge in [0.05, 0.1) is 38.7 Å². The number of rotatable bonds is 8. The molecule has 0 saturated heterocycles. The number of nitro groups is 1. The SMILES string of the molecule is COc1ccc(CC(=O)N(C)[C@@H](C)c2cccc([N+](=O)[O-])c2)c(OC)c1OC. The summed E-state index contributed by atoms with van der Waals surface area (Å²) in [5, 5.41) is 11.0. The summed E-state index contributed by atoms with van der Waals surface area (Å²) < 4.78 is 16.0. The molecule has 0 aliphatic carbocycles. The van der Waals surface area contributed by atoms with Crippen molar-refractivity contribution in [2.75, 3.05) is 28.4 Å². The number of likely N-dealkylation sites (N-methyl/N-ethyl adjacent to an activating group) is 1. The first-order valence-electron chi connectivity index (χ1n) is 8.61. The molecular weight excluding hydrogens is 364 g/mol. The third kappa shape index (κ3) is 4.33. The van der Waals surface area contributed by atoms with E-state index in [0.29, 0.717) is 28.4 Å². The summed E-state index contributed by atoms with van der Waals surface area (Å²) in [5.74, 6) is 1.20. The molecule has 0 aliphatic rings. The average Bonchev–Trinajstić information content (AvgIpc) is 2.71. The largest absolute Gasteiger partial charge is 0.493 e. The molecule has 2 rings (SSSR count). The molecule has 8 heteroatoms. The van der Waals surface area contributed by atoms with Gasteiger partial charge in [0.15, 0.2) is 11.5 Å². The first-order valence-corrected chi connectivity index (χ1v) is 8.61. The van der Waals surface area contributed by atoms with Crippen molar-refractivity contribution < 1.29 is 23.9 Å². The van der Waals surface area contributed by atoms with E-state index in [1.807, 2.05) is 6.92 Å². The highest BCUT2D eigenvalue weighted by Crippen LogP contribution is 2.40. The van der Waals surface area contributed by atoms with Crippen molar-refractivity contribution in [2.24, 2.45) is 0 Å². The Balaban J connectivity index is 2.25. The number of amides is 1. The second kappa shape index (κ2) is 9.07. The third-order valence-electron chi connectivity index (χ3n) is 4.67. The zero-order valence-corrected chi connectivity index (χ0v) is 16.6. The van der Waals surface area contributed by atoms with Gasteiger partial charge in [-0.15, -0.1) is 0 Å². The standard InChI is InChI=1S/C20H24N2O6/c1-13(14-7-6-8-16(11-14)22(24)25)21(2)18(23)12-15-9-10-17(26-3)20(28-5)19(15)27-4/h6-11,13H,12H2,1-5H3/t13-/m0/s1. The highest BCUT2D eigenvalue weighted by molar-refractivity contribution is 5.80. The van der Waals surface area contributed by atoms with E-state index in [0.717, 1.165) is 0 Å². The molecule has 8 nitrogen and oxygen atoms in total. The lowest BCUT2D eigenvalue weighted by molar-refractivity contribution is -0.384. The molecule has 2 aromatic carbocycles. The number of hydrogen-bond donors (Lipinski definition) is 0. The molecule has 150 valence electrons. The van der Waals surface area contributed by atoms with Gasteiger partial charge in [0.2, 0.25) is 11.7 Å². The maximum Gasteiger partial charge on any atom is 0.269 e. The predicted octanol–water partition coefficient (Wildman–Crippen LogP) is 3.38. The Kier molecular flexibility index (Phi) is 6.81. The van der Waals surface area contributed by atoms with E-state index in [2.05, 4.69) is 0 Å². The van der Waals surface area contributed by atoms with Gasteiger partial charge < -0.3 is 19.1 Å². The van der Waals surface area contributed by atoms with Crippen LogP contribution in [-0.4, -0.2) is 44.1 Å². The van der Waals surface area contributed by atoms with Gasteiger partial charge in [-0.2, -0.15) is 0 Å². The van der Waals surface area contributed by atoms with Crippen LogP contribution < -0.4 is 14.2 Å². The van der Waals surface area contributed by atoms with Gasteiger partial charge in [0, 0.05) is 24.7 Å². The molecule has 2 aromatic rings. The van der Waals surface area contributed by atoms with E-state index in [1.54, 1.807) is 36.2 Å². The number of non-ortho nitro benzene ring substituents is 1. The van der Waals surface area contributed by atoms with Gasteiger partial charge in [-0.25, -0.2) is 0 Å². The van der Waals surface area contributed by atoms with E-state index in [-0.39, 0.29) is 24.1 Å². The molecule has 0 aromatic heterocycles. The van der Waals surface area contributed by atoms with Crippen LogP contribution in [0.4, 0.5) is 5.69 Å². The van der Waals surface area contributed by atoms with Gasteiger partial charge in [-0.05, 0) is 18.6 Å². The second-order valence-corrected chi connectivity index (χ2v) is 6.20. The second-order valence-electron chi connectivity index (χ2n) is 6.20. The Labute approximate surface area is 163 Å². The summed E-state index contributed by atoms with van der Waals surface area (Å²) in [6.45, 7) is 1.82. The topological polar surface area (TPSA) is 91.1 Å². The first-order chi connectivity index (χ1) is 13.3. The van der Waals surface area contributed by atoms with Crippen molar-refractivity contribution in [2.45, 2.75) is 19.4 Å². The van der Waals surface area contributed by atoms with E-state index < -0.39 is 4.92 Å². The first kappa shape index (κ1) is 21.0. The van der Waals surface area contributed by atoms with Gasteiger partial charge in [-0.3, -0.25) is 14.9 Å². The molecule has 0 heterocycles. The van der Waals surface area contributed by atoms with Gasteiger partial charge in [0.1, 0.15) is 0 Å². The smallest absolute Gasteiger partial charge is 0.269 e. The minimum absolute atomic E-state index is 0.00763. The Hall–Kier alpha value is -3.29. The fraction of sp³-hybridized carbons (Fsp3) is 0.350. The number of carbonyl (C=O) groups excluding carboxylic acids is 1. The number of hydrogen-bond acceptors (Lipinski definition) is 6. The molecule has 0 radical (unpaired) electrons. The molecule has 0 fully saturated rings. The Morgan fingerprint density at radius 2 is 1.79 bits per heavy atom. The summed E-state index contributed by atoms with van der Waals surface area (Å²) in [6.07, 6.45) is 0.0826. The number of carbonyl (C=O) groups is 1. The Morgan fingerprint density at radius 1 is 1.11 bits per heavy atom. The molecule has 1 amide bonds. The summed E-state index contributed by atoms with van der Waals surface area (Å²) in [6, 6.07) is 9.41. The molecule has 0 N–H and O–H groups in total. The highest BCUT2D eigenvalue weighted by Gasteiger charge is 2.23. The zero-order chi connectivity index (χ0) is 20.8. The van der Waals surface area contributed by atoms with E-state index in [9.17, 15) is 14.9 Å². The molecule has 0 saturated carbocycles. The van der Waals surface area contributed by atoms with Crippen LogP contribution in [0.5, 0.6) is 17.2 Å². The van der Waals surface area contributed by atoms with Crippen LogP contribution >= 0.6 is 0 Å². The molecule has 0 bridgehead atoms. The summed E-state index contributed by atoms with van der Waals surface area (Å²) in [5.41, 5.74) is 1.33. The molecule has 0 unspecified atom stereocenters. The maximum absolute atomic E-state index is 12.8. The number of nitrogens with zero attached hydrogens (tertiary/aromatic N) is 2. The van der Waals surface area contributed by atoms with Crippen LogP contribution in [-0.2, 0) is 11.2 Å². The van der Waals surface area contributed by atoms with Gasteiger partial charge in [0.25, 0.3) is 5.69 Å². The van der Waals surface area contributed by atoms with Crippen LogP contribution in [0.15, 0.2) is 36.4 Å². The normalized spacial score (nSPS) is 11.5. The number of methoxy groups -OCH3 is 3. The van der Waals surface area contributed by atoms with Crippen molar-refractivity contribution in [1.82, 2.24) is 4.90 Å². The van der Waals surface area contributed by atoms with E-state index >= 15 is 0 Å². The van der Waals surface area contributed by atoms with Crippen molar-refractivity contribution in [3.05, 3.63) is 57.6 Å². The lowest BCUT2D eigenvalue weighted by atomic mass is 10.0. The lowest BCUT2D eigenvalue weighted by Gasteiger charge is -2.26. The third-order valence-corrected chi connectivity index (χ3v) is 4.67. The lowest BCUT2D eigenvalue weighted by Crippen LogP contribution is -2.31. The van der Waals surface area contributed by atoms with Crippen LogP contribution in [0.3, 0.4) is 0 Å².